The fourth-order valence-corrected chi connectivity index (χ4v) is 2.18. The van der Waals surface area contributed by atoms with Crippen LogP contribution >= 0.6 is 22.6 Å². The minimum atomic E-state index is 0.942. The van der Waals surface area contributed by atoms with Crippen LogP contribution < -0.4 is 0 Å². The molecule has 0 amide bonds. The maximum Gasteiger partial charge on any atom is 0.0966 e. The number of nitrogens with zero attached hydrogens (tertiary/aromatic N) is 3. The van der Waals surface area contributed by atoms with Gasteiger partial charge < -0.3 is 4.90 Å². The molecular formula is C14H24IN3. The molecule has 0 radical (unpaired) electrons. The maximum absolute atomic E-state index is 4.34. The second kappa shape index (κ2) is 8.82. The van der Waals surface area contributed by atoms with Crippen LogP contribution in [-0.2, 0) is 0 Å². The number of hydrogen-bond donors (Lipinski definition) is 0. The molecule has 18 heavy (non-hydrogen) atoms. The summed E-state index contributed by atoms with van der Waals surface area (Å²) >= 11 is 2.22. The van der Waals surface area contributed by atoms with Gasteiger partial charge in [0, 0.05) is 38.9 Å². The summed E-state index contributed by atoms with van der Waals surface area (Å²) in [5.74, 6) is 0. The van der Waals surface area contributed by atoms with Crippen molar-refractivity contribution in [2.24, 2.45) is 4.99 Å². The topological polar surface area (TPSA) is 18.8 Å². The highest BCUT2D eigenvalue weighted by atomic mass is 127. The Balaban J connectivity index is 2.28. The summed E-state index contributed by atoms with van der Waals surface area (Å²) < 4.78 is 1.02. The van der Waals surface area contributed by atoms with Gasteiger partial charge in [-0.1, -0.05) is 19.6 Å². The van der Waals surface area contributed by atoms with Crippen molar-refractivity contribution >= 4 is 28.8 Å². The van der Waals surface area contributed by atoms with Gasteiger partial charge in [0.2, 0.25) is 0 Å². The van der Waals surface area contributed by atoms with Gasteiger partial charge in [-0.15, -0.1) is 0 Å². The lowest BCUT2D eigenvalue weighted by atomic mass is 10.2. The molecule has 102 valence electrons. The number of rotatable bonds is 6. The van der Waals surface area contributed by atoms with Gasteiger partial charge in [-0.2, -0.15) is 0 Å². The van der Waals surface area contributed by atoms with Crippen molar-refractivity contribution in [1.29, 1.82) is 0 Å². The normalized spacial score (nSPS) is 19.6. The zero-order valence-corrected chi connectivity index (χ0v) is 13.7. The van der Waals surface area contributed by atoms with Crippen LogP contribution in [0.15, 0.2) is 26.9 Å². The van der Waals surface area contributed by atoms with E-state index in [2.05, 4.69) is 50.9 Å². The quantitative estimate of drug-likeness (QED) is 0.412. The number of halogens is 1. The Morgan fingerprint density at radius 1 is 1.28 bits per heavy atom. The summed E-state index contributed by atoms with van der Waals surface area (Å²) in [6.07, 6.45) is 5.13. The van der Waals surface area contributed by atoms with Gasteiger partial charge in [-0.05, 0) is 48.1 Å². The molecule has 0 unspecified atom stereocenters. The molecule has 1 aliphatic heterocycles. The lowest BCUT2D eigenvalue weighted by Crippen LogP contribution is -2.46. The summed E-state index contributed by atoms with van der Waals surface area (Å²) in [5, 5.41) is 0. The third-order valence-electron chi connectivity index (χ3n) is 3.04. The van der Waals surface area contributed by atoms with Gasteiger partial charge in [0.05, 0.1) is 3.70 Å². The third kappa shape index (κ3) is 6.11. The molecule has 3 nitrogen and oxygen atoms in total. The first-order valence-corrected chi connectivity index (χ1v) is 7.72. The van der Waals surface area contributed by atoms with E-state index >= 15 is 0 Å². The van der Waals surface area contributed by atoms with E-state index in [0.717, 1.165) is 28.9 Å². The fourth-order valence-electron chi connectivity index (χ4n) is 2.04. The average Bonchev–Trinajstić information content (AvgIpc) is 2.38. The molecule has 0 saturated carbocycles. The van der Waals surface area contributed by atoms with Gasteiger partial charge in [0.25, 0.3) is 0 Å². The highest BCUT2D eigenvalue weighted by Gasteiger charge is 2.15. The van der Waals surface area contributed by atoms with E-state index < -0.39 is 0 Å². The first-order chi connectivity index (χ1) is 8.65. The lowest BCUT2D eigenvalue weighted by molar-refractivity contribution is 0.142. The van der Waals surface area contributed by atoms with Gasteiger partial charge in [0.1, 0.15) is 0 Å². The molecule has 1 heterocycles. The monoisotopic (exact) mass is 361 g/mol. The SMILES string of the molecule is C=C(C=N/C(I)=C\C)CN1CCN(CCC)CC1. The summed E-state index contributed by atoms with van der Waals surface area (Å²) in [4.78, 5) is 9.34. The predicted molar refractivity (Wildman–Crippen MR) is 88.6 cm³/mol. The highest BCUT2D eigenvalue weighted by molar-refractivity contribution is 14.1. The largest absolute Gasteiger partial charge is 0.301 e. The first-order valence-electron chi connectivity index (χ1n) is 6.64. The molecule has 1 rings (SSSR count). The van der Waals surface area contributed by atoms with Gasteiger partial charge >= 0.3 is 0 Å². The standard InChI is InChI=1S/C14H24IN3/c1-4-6-17-7-9-18(10-8-17)12-13(3)11-16-14(15)5-2/h5,11H,3-4,6-10,12H2,1-2H3/b14-5-,16-11?. The predicted octanol–water partition coefficient (Wildman–Crippen LogP) is 2.94. The van der Waals surface area contributed by atoms with Crippen LogP contribution in [0.2, 0.25) is 0 Å². The highest BCUT2D eigenvalue weighted by Crippen LogP contribution is 2.08. The van der Waals surface area contributed by atoms with Crippen molar-refractivity contribution in [1.82, 2.24) is 9.80 Å². The molecule has 1 fully saturated rings. The molecular weight excluding hydrogens is 337 g/mol. The van der Waals surface area contributed by atoms with E-state index in [1.54, 1.807) is 0 Å². The van der Waals surface area contributed by atoms with Crippen LogP contribution in [0, 0.1) is 0 Å². The van der Waals surface area contributed by atoms with Crippen molar-refractivity contribution in [3.63, 3.8) is 0 Å². The molecule has 0 bridgehead atoms. The summed E-state index contributed by atoms with van der Waals surface area (Å²) in [6.45, 7) is 15.2. The molecule has 1 aliphatic rings. The minimum Gasteiger partial charge on any atom is -0.301 e. The molecule has 0 N–H and O–H groups in total. The number of allylic oxidation sites excluding steroid dienone is 1. The van der Waals surface area contributed by atoms with Crippen LogP contribution in [0.1, 0.15) is 20.3 Å². The molecule has 4 heteroatoms. The van der Waals surface area contributed by atoms with E-state index in [4.69, 9.17) is 0 Å². The minimum absolute atomic E-state index is 0.942. The van der Waals surface area contributed by atoms with Crippen LogP contribution in [0.4, 0.5) is 0 Å². The number of hydrogen-bond acceptors (Lipinski definition) is 3. The zero-order valence-electron chi connectivity index (χ0n) is 11.5. The molecule has 1 saturated heterocycles. The van der Waals surface area contributed by atoms with E-state index in [-0.39, 0.29) is 0 Å². The van der Waals surface area contributed by atoms with Crippen molar-refractivity contribution < 1.29 is 0 Å². The first kappa shape index (κ1) is 15.9. The Hall–Kier alpha value is -0.200. The Kier molecular flexibility index (Phi) is 7.77. The van der Waals surface area contributed by atoms with Crippen LogP contribution in [0.3, 0.4) is 0 Å². The molecule has 0 aromatic carbocycles. The van der Waals surface area contributed by atoms with Crippen LogP contribution in [0.25, 0.3) is 0 Å². The fraction of sp³-hybridized carbons (Fsp3) is 0.643. The Labute approximate surface area is 125 Å². The van der Waals surface area contributed by atoms with Crippen molar-refractivity contribution in [3.05, 3.63) is 21.9 Å². The van der Waals surface area contributed by atoms with Gasteiger partial charge in [0.15, 0.2) is 0 Å². The Morgan fingerprint density at radius 3 is 2.44 bits per heavy atom. The van der Waals surface area contributed by atoms with Gasteiger partial charge in [-0.3, -0.25) is 9.89 Å². The second-order valence-corrected chi connectivity index (χ2v) is 5.75. The van der Waals surface area contributed by atoms with E-state index in [9.17, 15) is 0 Å². The zero-order chi connectivity index (χ0) is 13.4. The Bertz CT molecular complexity index is 315. The van der Waals surface area contributed by atoms with Crippen molar-refractivity contribution in [2.75, 3.05) is 39.3 Å². The van der Waals surface area contributed by atoms with E-state index in [1.165, 1.54) is 26.1 Å². The number of piperazine rings is 1. The molecule has 0 aromatic rings. The average molecular weight is 361 g/mol. The number of aliphatic imine (C=N–C) groups is 1. The van der Waals surface area contributed by atoms with Crippen LogP contribution in [-0.4, -0.2) is 55.3 Å². The summed E-state index contributed by atoms with van der Waals surface area (Å²) in [5.41, 5.74) is 1.09. The van der Waals surface area contributed by atoms with E-state index in [1.807, 2.05) is 19.2 Å². The smallest absolute Gasteiger partial charge is 0.0966 e. The summed E-state index contributed by atoms with van der Waals surface area (Å²) in [6, 6.07) is 0. The lowest BCUT2D eigenvalue weighted by Gasteiger charge is -2.34. The van der Waals surface area contributed by atoms with E-state index in [0.29, 0.717) is 0 Å². The van der Waals surface area contributed by atoms with Gasteiger partial charge in [-0.25, -0.2) is 0 Å². The summed E-state index contributed by atoms with van der Waals surface area (Å²) in [7, 11) is 0. The molecule has 0 spiro atoms. The second-order valence-electron chi connectivity index (χ2n) is 4.65. The Morgan fingerprint density at radius 2 is 1.89 bits per heavy atom. The molecule has 0 aromatic heterocycles. The molecule has 0 aliphatic carbocycles. The third-order valence-corrected chi connectivity index (χ3v) is 3.94. The molecule has 0 atom stereocenters. The van der Waals surface area contributed by atoms with Crippen LogP contribution in [0.5, 0.6) is 0 Å². The van der Waals surface area contributed by atoms with Crippen molar-refractivity contribution in [2.45, 2.75) is 20.3 Å². The van der Waals surface area contributed by atoms with Crippen molar-refractivity contribution in [3.8, 4) is 0 Å². The maximum atomic E-state index is 4.34.